The van der Waals surface area contributed by atoms with E-state index in [0.29, 0.717) is 27.0 Å². The molecule has 2 unspecified atom stereocenters. The Hall–Kier alpha value is -2.74. The maximum absolute atomic E-state index is 13.0. The van der Waals surface area contributed by atoms with Crippen molar-refractivity contribution in [3.05, 3.63) is 106 Å². The van der Waals surface area contributed by atoms with Gasteiger partial charge < -0.3 is 15.2 Å². The fourth-order valence-electron chi connectivity index (χ4n) is 4.15. The average molecular weight is 595 g/mol. The number of alkyl halides is 2. The Kier molecular flexibility index (Phi) is 7.14. The van der Waals surface area contributed by atoms with E-state index in [1.807, 2.05) is 22.9 Å². The minimum absolute atomic E-state index is 0.190. The van der Waals surface area contributed by atoms with Gasteiger partial charge >= 0.3 is 0 Å². The molecule has 3 aromatic carbocycles. The monoisotopic (exact) mass is 592 g/mol. The molecule has 1 heterocycles. The molecule has 0 saturated heterocycles. The van der Waals surface area contributed by atoms with Crippen LogP contribution in [-0.4, -0.2) is 25.7 Å². The summed E-state index contributed by atoms with van der Waals surface area (Å²) in [6, 6.07) is 16.8. The van der Waals surface area contributed by atoms with E-state index in [1.54, 1.807) is 48.9 Å². The smallest absolute Gasteiger partial charge is 0.257 e. The van der Waals surface area contributed by atoms with Crippen molar-refractivity contribution in [3.8, 4) is 5.69 Å². The van der Waals surface area contributed by atoms with Gasteiger partial charge in [0.1, 0.15) is 4.33 Å². The number of hydrogen-bond acceptors (Lipinski definition) is 3. The Labute approximate surface area is 237 Å². The van der Waals surface area contributed by atoms with Crippen LogP contribution in [0.3, 0.4) is 0 Å². The number of halogens is 5. The number of nitrogens with zero attached hydrogens (tertiary/aromatic N) is 2. The quantitative estimate of drug-likeness (QED) is 0.226. The van der Waals surface area contributed by atoms with Gasteiger partial charge in [0, 0.05) is 45.4 Å². The predicted octanol–water partition coefficient (Wildman–Crippen LogP) is 7.61. The molecular weight excluding hydrogens is 578 g/mol. The first-order valence-corrected chi connectivity index (χ1v) is 12.9. The largest absolute Gasteiger partial charge is 0.326 e. The van der Waals surface area contributed by atoms with E-state index in [1.165, 1.54) is 12.1 Å². The van der Waals surface area contributed by atoms with Gasteiger partial charge in [0.15, 0.2) is 0 Å². The summed E-state index contributed by atoms with van der Waals surface area (Å²) in [5.41, 5.74) is 2.70. The molecule has 188 valence electrons. The number of nitrogens with one attached hydrogen (secondary N) is 2. The Morgan fingerprint density at radius 2 is 1.54 bits per heavy atom. The molecule has 1 fully saturated rings. The second-order valence-electron chi connectivity index (χ2n) is 8.49. The summed E-state index contributed by atoms with van der Waals surface area (Å²) in [6.45, 7) is 0. The molecular formula is C26H17Cl5N4O2. The first kappa shape index (κ1) is 25.9. The van der Waals surface area contributed by atoms with Gasteiger partial charge in [-0.3, -0.25) is 9.59 Å². The Morgan fingerprint density at radius 1 is 0.865 bits per heavy atom. The van der Waals surface area contributed by atoms with Gasteiger partial charge in [0.2, 0.25) is 5.91 Å². The van der Waals surface area contributed by atoms with Crippen molar-refractivity contribution >= 4 is 81.2 Å². The Balaban J connectivity index is 1.29. The minimum atomic E-state index is -1.33. The lowest BCUT2D eigenvalue weighted by molar-refractivity contribution is -0.117. The van der Waals surface area contributed by atoms with Gasteiger partial charge in [0.05, 0.1) is 22.8 Å². The number of carbonyl (C=O) groups is 2. The van der Waals surface area contributed by atoms with Crippen molar-refractivity contribution in [1.82, 2.24) is 9.55 Å². The zero-order valence-corrected chi connectivity index (χ0v) is 22.5. The molecule has 1 aliphatic carbocycles. The van der Waals surface area contributed by atoms with E-state index >= 15 is 0 Å². The van der Waals surface area contributed by atoms with Crippen LogP contribution in [0.4, 0.5) is 11.4 Å². The standard InChI is InChI=1S/C26H17Cl5N4O2/c27-15-9-14(10-16(28)11-15)22-23(26(22,30)31)25(37)34-18-3-6-21(29)20(12-18)24(36)33-17-1-4-19(5-2-17)35-8-7-32-13-35/h1-13,22-23H,(H,33,36)(H,34,37). The predicted molar refractivity (Wildman–Crippen MR) is 149 cm³/mol. The topological polar surface area (TPSA) is 76.0 Å². The van der Waals surface area contributed by atoms with Crippen molar-refractivity contribution in [2.45, 2.75) is 10.3 Å². The first-order chi connectivity index (χ1) is 17.6. The van der Waals surface area contributed by atoms with Gasteiger partial charge in [-0.15, -0.1) is 23.2 Å². The molecule has 4 aromatic rings. The summed E-state index contributed by atoms with van der Waals surface area (Å²) < 4.78 is 0.518. The lowest BCUT2D eigenvalue weighted by atomic mass is 10.1. The van der Waals surface area contributed by atoms with E-state index < -0.39 is 28.0 Å². The number of benzene rings is 3. The molecule has 1 aliphatic rings. The first-order valence-electron chi connectivity index (χ1n) is 11.0. The van der Waals surface area contributed by atoms with Crippen LogP contribution >= 0.6 is 58.0 Å². The lowest BCUT2D eigenvalue weighted by Crippen LogP contribution is -2.18. The third-order valence-corrected chi connectivity index (χ3v) is 7.69. The fraction of sp³-hybridized carbons (Fsp3) is 0.115. The number of hydrogen-bond donors (Lipinski definition) is 2. The van der Waals surface area contributed by atoms with Gasteiger partial charge in [-0.25, -0.2) is 4.98 Å². The van der Waals surface area contributed by atoms with E-state index in [4.69, 9.17) is 58.0 Å². The number of rotatable bonds is 6. The second kappa shape index (κ2) is 10.2. The van der Waals surface area contributed by atoms with E-state index in [-0.39, 0.29) is 10.6 Å². The maximum Gasteiger partial charge on any atom is 0.257 e. The highest BCUT2D eigenvalue weighted by Gasteiger charge is 2.67. The highest BCUT2D eigenvalue weighted by molar-refractivity contribution is 6.53. The normalized spacial score (nSPS) is 17.8. The molecule has 37 heavy (non-hydrogen) atoms. The Morgan fingerprint density at radius 3 is 2.19 bits per heavy atom. The summed E-state index contributed by atoms with van der Waals surface area (Å²) in [7, 11) is 0. The number of aromatic nitrogens is 2. The van der Waals surface area contributed by atoms with Crippen molar-refractivity contribution in [1.29, 1.82) is 0 Å². The molecule has 6 nitrogen and oxygen atoms in total. The highest BCUT2D eigenvalue weighted by Crippen LogP contribution is 2.65. The van der Waals surface area contributed by atoms with Crippen LogP contribution in [0, 0.1) is 5.92 Å². The molecule has 1 aromatic heterocycles. The highest BCUT2D eigenvalue weighted by atomic mass is 35.5. The van der Waals surface area contributed by atoms with E-state index in [9.17, 15) is 9.59 Å². The number of anilines is 2. The minimum Gasteiger partial charge on any atom is -0.326 e. The zero-order chi connectivity index (χ0) is 26.3. The molecule has 11 heteroatoms. The second-order valence-corrected chi connectivity index (χ2v) is 11.2. The average Bonchev–Trinajstić information content (AvgIpc) is 3.16. The molecule has 2 amide bonds. The fourth-order valence-corrected chi connectivity index (χ4v) is 5.72. The summed E-state index contributed by atoms with van der Waals surface area (Å²) >= 11 is 31.4. The van der Waals surface area contributed by atoms with Crippen LogP contribution in [0.1, 0.15) is 21.8 Å². The van der Waals surface area contributed by atoms with Crippen LogP contribution in [0.2, 0.25) is 15.1 Å². The molecule has 5 rings (SSSR count). The van der Waals surface area contributed by atoms with E-state index in [2.05, 4.69) is 15.6 Å². The van der Waals surface area contributed by atoms with Gasteiger partial charge in [0.25, 0.3) is 5.91 Å². The van der Waals surface area contributed by atoms with Gasteiger partial charge in [-0.1, -0.05) is 34.8 Å². The van der Waals surface area contributed by atoms with Crippen molar-refractivity contribution < 1.29 is 9.59 Å². The van der Waals surface area contributed by atoms with Crippen LogP contribution < -0.4 is 10.6 Å². The van der Waals surface area contributed by atoms with Crippen LogP contribution in [0.25, 0.3) is 5.69 Å². The summed E-state index contributed by atoms with van der Waals surface area (Å²) in [4.78, 5) is 30.0. The molecule has 1 saturated carbocycles. The van der Waals surface area contributed by atoms with E-state index in [0.717, 1.165) is 5.69 Å². The van der Waals surface area contributed by atoms with Gasteiger partial charge in [-0.05, 0) is 66.2 Å². The van der Waals surface area contributed by atoms with Crippen molar-refractivity contribution in [2.75, 3.05) is 10.6 Å². The van der Waals surface area contributed by atoms with Crippen LogP contribution in [0.5, 0.6) is 0 Å². The SMILES string of the molecule is O=C(Nc1ccc(-n2ccnc2)cc1)c1cc(NC(=O)C2C(c3cc(Cl)cc(Cl)c3)C2(Cl)Cl)ccc1Cl. The molecule has 2 atom stereocenters. The number of carbonyl (C=O) groups excluding carboxylic acids is 2. The molecule has 2 N–H and O–H groups in total. The summed E-state index contributed by atoms with van der Waals surface area (Å²) in [5.74, 6) is -2.08. The molecule has 0 radical (unpaired) electrons. The van der Waals surface area contributed by atoms with Crippen molar-refractivity contribution in [2.24, 2.45) is 5.92 Å². The third kappa shape index (κ3) is 5.44. The van der Waals surface area contributed by atoms with Gasteiger partial charge in [-0.2, -0.15) is 0 Å². The van der Waals surface area contributed by atoms with Crippen LogP contribution in [-0.2, 0) is 4.79 Å². The third-order valence-electron chi connectivity index (χ3n) is 5.99. The van der Waals surface area contributed by atoms with Crippen molar-refractivity contribution in [3.63, 3.8) is 0 Å². The zero-order valence-electron chi connectivity index (χ0n) is 18.8. The summed E-state index contributed by atoms with van der Waals surface area (Å²) in [6.07, 6.45) is 5.18. The Bertz CT molecular complexity index is 1470. The molecule has 0 aliphatic heterocycles. The summed E-state index contributed by atoms with van der Waals surface area (Å²) in [5, 5.41) is 6.65. The maximum atomic E-state index is 13.0. The number of imidazole rings is 1. The lowest BCUT2D eigenvalue weighted by Gasteiger charge is -2.11. The van der Waals surface area contributed by atoms with Crippen LogP contribution in [0.15, 0.2) is 79.4 Å². The molecule has 0 spiro atoms. The molecule has 0 bridgehead atoms. The number of amides is 2.